The van der Waals surface area contributed by atoms with E-state index in [1.807, 2.05) is 48.5 Å². The second-order valence-electron chi connectivity index (χ2n) is 4.69. The zero-order valence-electron chi connectivity index (χ0n) is 12.5. The smallest absolute Gasteiger partial charge is 0.119 e. The van der Waals surface area contributed by atoms with Crippen molar-refractivity contribution >= 4 is 5.69 Å². The highest BCUT2D eigenvalue weighted by Gasteiger charge is 2.07. The lowest BCUT2D eigenvalue weighted by atomic mass is 10.2. The zero-order valence-corrected chi connectivity index (χ0v) is 12.5. The zero-order chi connectivity index (χ0) is 15.1. The molecule has 112 valence electrons. The summed E-state index contributed by atoms with van der Waals surface area (Å²) >= 11 is 0. The summed E-state index contributed by atoms with van der Waals surface area (Å²) in [6.07, 6.45) is 0. The first-order chi connectivity index (χ1) is 10.3. The van der Waals surface area contributed by atoms with Crippen LogP contribution in [0.25, 0.3) is 0 Å². The van der Waals surface area contributed by atoms with Crippen LogP contribution in [0.3, 0.4) is 0 Å². The van der Waals surface area contributed by atoms with Crippen molar-refractivity contribution in [2.75, 3.05) is 32.3 Å². The number of aliphatic hydroxyl groups is 1. The maximum atomic E-state index is 9.27. The SMILES string of the molecule is COc1ccc(CN(CCO)c2ccc(OC)cc2)cc1. The number of ether oxygens (including phenoxy) is 2. The third kappa shape index (κ3) is 4.13. The summed E-state index contributed by atoms with van der Waals surface area (Å²) in [6.45, 7) is 1.43. The molecule has 4 heteroatoms. The fourth-order valence-electron chi connectivity index (χ4n) is 2.16. The molecule has 0 saturated carbocycles. The number of hydrogen-bond donors (Lipinski definition) is 1. The first kappa shape index (κ1) is 15.2. The minimum atomic E-state index is 0.113. The van der Waals surface area contributed by atoms with Crippen molar-refractivity contribution in [1.82, 2.24) is 0 Å². The molecule has 0 amide bonds. The number of anilines is 1. The van der Waals surface area contributed by atoms with Crippen LogP contribution >= 0.6 is 0 Å². The molecule has 2 aromatic carbocycles. The van der Waals surface area contributed by atoms with Crippen molar-refractivity contribution < 1.29 is 14.6 Å². The molecule has 0 atom stereocenters. The summed E-state index contributed by atoms with van der Waals surface area (Å²) in [5, 5.41) is 9.27. The average Bonchev–Trinajstić information content (AvgIpc) is 2.55. The monoisotopic (exact) mass is 287 g/mol. The van der Waals surface area contributed by atoms with Crippen molar-refractivity contribution in [3.63, 3.8) is 0 Å². The van der Waals surface area contributed by atoms with E-state index in [2.05, 4.69) is 4.90 Å². The van der Waals surface area contributed by atoms with E-state index in [1.54, 1.807) is 14.2 Å². The highest BCUT2D eigenvalue weighted by atomic mass is 16.5. The predicted molar refractivity (Wildman–Crippen MR) is 84.1 cm³/mol. The van der Waals surface area contributed by atoms with Crippen LogP contribution in [0.2, 0.25) is 0 Å². The number of hydrogen-bond acceptors (Lipinski definition) is 4. The Balaban J connectivity index is 2.13. The molecule has 0 aliphatic rings. The second kappa shape index (κ2) is 7.55. The van der Waals surface area contributed by atoms with Gasteiger partial charge in [-0.05, 0) is 42.0 Å². The summed E-state index contributed by atoms with van der Waals surface area (Å²) < 4.78 is 10.3. The molecule has 0 radical (unpaired) electrons. The Morgan fingerprint density at radius 3 is 1.86 bits per heavy atom. The summed E-state index contributed by atoms with van der Waals surface area (Å²) in [5.41, 5.74) is 2.22. The molecule has 21 heavy (non-hydrogen) atoms. The Kier molecular flexibility index (Phi) is 5.46. The molecule has 0 bridgehead atoms. The van der Waals surface area contributed by atoms with Gasteiger partial charge >= 0.3 is 0 Å². The fourth-order valence-corrected chi connectivity index (χ4v) is 2.16. The molecule has 0 fully saturated rings. The molecule has 0 spiro atoms. The molecule has 0 aliphatic heterocycles. The quantitative estimate of drug-likeness (QED) is 0.850. The minimum Gasteiger partial charge on any atom is -0.497 e. The van der Waals surface area contributed by atoms with Gasteiger partial charge in [0.1, 0.15) is 11.5 Å². The van der Waals surface area contributed by atoms with Gasteiger partial charge in [0.15, 0.2) is 0 Å². The molecular formula is C17H21NO3. The van der Waals surface area contributed by atoms with Crippen LogP contribution < -0.4 is 14.4 Å². The highest BCUT2D eigenvalue weighted by molar-refractivity contribution is 5.49. The van der Waals surface area contributed by atoms with E-state index < -0.39 is 0 Å². The van der Waals surface area contributed by atoms with E-state index in [9.17, 15) is 5.11 Å². The van der Waals surface area contributed by atoms with Crippen LogP contribution in [-0.4, -0.2) is 32.5 Å². The van der Waals surface area contributed by atoms with Crippen LogP contribution in [-0.2, 0) is 6.54 Å². The molecule has 0 unspecified atom stereocenters. The Hall–Kier alpha value is -2.20. The van der Waals surface area contributed by atoms with Crippen LogP contribution in [0.5, 0.6) is 11.5 Å². The van der Waals surface area contributed by atoms with Gasteiger partial charge in [-0.2, -0.15) is 0 Å². The highest BCUT2D eigenvalue weighted by Crippen LogP contribution is 2.21. The van der Waals surface area contributed by atoms with Gasteiger partial charge in [0.25, 0.3) is 0 Å². The Labute approximate surface area is 125 Å². The number of methoxy groups -OCH3 is 2. The van der Waals surface area contributed by atoms with Crippen molar-refractivity contribution in [1.29, 1.82) is 0 Å². The van der Waals surface area contributed by atoms with Crippen LogP contribution in [0, 0.1) is 0 Å². The van der Waals surface area contributed by atoms with Gasteiger partial charge in [-0.1, -0.05) is 12.1 Å². The van der Waals surface area contributed by atoms with Gasteiger partial charge in [0.05, 0.1) is 20.8 Å². The third-order valence-electron chi connectivity index (χ3n) is 3.34. The van der Waals surface area contributed by atoms with Crippen molar-refractivity contribution in [3.05, 3.63) is 54.1 Å². The molecule has 1 N–H and O–H groups in total. The third-order valence-corrected chi connectivity index (χ3v) is 3.34. The molecule has 2 rings (SSSR count). The standard InChI is InChI=1S/C17H21NO3/c1-20-16-7-3-14(4-8-16)13-18(11-12-19)15-5-9-17(21-2)10-6-15/h3-10,19H,11-13H2,1-2H3. The fraction of sp³-hybridized carbons (Fsp3) is 0.294. The average molecular weight is 287 g/mol. The van der Waals surface area contributed by atoms with E-state index >= 15 is 0 Å². The Morgan fingerprint density at radius 2 is 1.38 bits per heavy atom. The van der Waals surface area contributed by atoms with E-state index in [-0.39, 0.29) is 6.61 Å². The van der Waals surface area contributed by atoms with Crippen molar-refractivity contribution in [2.45, 2.75) is 6.54 Å². The minimum absolute atomic E-state index is 0.113. The van der Waals surface area contributed by atoms with Crippen LogP contribution in [0.1, 0.15) is 5.56 Å². The number of nitrogens with zero attached hydrogens (tertiary/aromatic N) is 1. The largest absolute Gasteiger partial charge is 0.497 e. The Bertz CT molecular complexity index is 537. The van der Waals surface area contributed by atoms with Crippen molar-refractivity contribution in [3.8, 4) is 11.5 Å². The van der Waals surface area contributed by atoms with Gasteiger partial charge in [-0.25, -0.2) is 0 Å². The lowest BCUT2D eigenvalue weighted by molar-refractivity contribution is 0.301. The van der Waals surface area contributed by atoms with Gasteiger partial charge < -0.3 is 19.5 Å². The topological polar surface area (TPSA) is 41.9 Å². The van der Waals surface area contributed by atoms with Crippen LogP contribution in [0.15, 0.2) is 48.5 Å². The van der Waals surface area contributed by atoms with E-state index in [0.717, 1.165) is 23.7 Å². The maximum absolute atomic E-state index is 9.27. The molecule has 0 heterocycles. The number of rotatable bonds is 7. The van der Waals surface area contributed by atoms with E-state index in [1.165, 1.54) is 5.56 Å². The number of benzene rings is 2. The summed E-state index contributed by atoms with van der Waals surface area (Å²) in [4.78, 5) is 2.13. The number of aliphatic hydroxyl groups excluding tert-OH is 1. The van der Waals surface area contributed by atoms with E-state index in [0.29, 0.717) is 6.54 Å². The van der Waals surface area contributed by atoms with Crippen molar-refractivity contribution in [2.24, 2.45) is 0 Å². The molecule has 2 aromatic rings. The van der Waals surface area contributed by atoms with E-state index in [4.69, 9.17) is 9.47 Å². The van der Waals surface area contributed by atoms with Gasteiger partial charge in [-0.3, -0.25) is 0 Å². The molecular weight excluding hydrogens is 266 g/mol. The summed E-state index contributed by atoms with van der Waals surface area (Å²) in [7, 11) is 3.31. The lowest BCUT2D eigenvalue weighted by Gasteiger charge is -2.24. The maximum Gasteiger partial charge on any atom is 0.119 e. The molecule has 0 aliphatic carbocycles. The Morgan fingerprint density at radius 1 is 0.857 bits per heavy atom. The lowest BCUT2D eigenvalue weighted by Crippen LogP contribution is -2.25. The second-order valence-corrected chi connectivity index (χ2v) is 4.69. The molecule has 4 nitrogen and oxygen atoms in total. The molecule has 0 saturated heterocycles. The molecule has 0 aromatic heterocycles. The van der Waals surface area contributed by atoms with Gasteiger partial charge in [0, 0.05) is 18.8 Å². The van der Waals surface area contributed by atoms with Crippen LogP contribution in [0.4, 0.5) is 5.69 Å². The normalized spacial score (nSPS) is 10.2. The first-order valence-electron chi connectivity index (χ1n) is 6.89. The summed E-state index contributed by atoms with van der Waals surface area (Å²) in [5.74, 6) is 1.67. The predicted octanol–water partition coefficient (Wildman–Crippen LogP) is 2.70. The first-order valence-corrected chi connectivity index (χ1v) is 6.89. The summed E-state index contributed by atoms with van der Waals surface area (Å²) in [6, 6.07) is 15.8. The van der Waals surface area contributed by atoms with Gasteiger partial charge in [-0.15, -0.1) is 0 Å². The van der Waals surface area contributed by atoms with Gasteiger partial charge in [0.2, 0.25) is 0 Å².